The van der Waals surface area contributed by atoms with Gasteiger partial charge >= 0.3 is 0 Å². The van der Waals surface area contributed by atoms with Gasteiger partial charge in [0.15, 0.2) is 0 Å². The van der Waals surface area contributed by atoms with Crippen LogP contribution in [-0.4, -0.2) is 43.6 Å². The molecule has 3 aromatic heterocycles. The van der Waals surface area contributed by atoms with Crippen LogP contribution in [0.3, 0.4) is 0 Å². The van der Waals surface area contributed by atoms with Crippen molar-refractivity contribution < 1.29 is 23.0 Å². The number of amides is 1. The third kappa shape index (κ3) is 3.48. The zero-order valence-electron chi connectivity index (χ0n) is 17.9. The lowest BCUT2D eigenvalue weighted by Gasteiger charge is -2.41. The van der Waals surface area contributed by atoms with Crippen molar-refractivity contribution in [2.45, 2.75) is 57.2 Å². The molecule has 5 heterocycles. The van der Waals surface area contributed by atoms with Crippen LogP contribution in [0.4, 0.5) is 14.6 Å². The molecule has 2 saturated heterocycles. The van der Waals surface area contributed by atoms with Crippen molar-refractivity contribution in [1.82, 2.24) is 19.4 Å². The average Bonchev–Trinajstić information content (AvgIpc) is 3.38. The third-order valence-corrected chi connectivity index (χ3v) is 5.89. The molecule has 3 aromatic rings. The SMILES string of the molecule is CC(C)Oc1nc(C(=O)Nc2cccc(C(F)F)n2)cn2cc(C34COC(C)(C3)C4)nc12. The third-order valence-electron chi connectivity index (χ3n) is 5.89. The second-order valence-electron chi connectivity index (χ2n) is 9.03. The van der Waals surface area contributed by atoms with Gasteiger partial charge in [-0.3, -0.25) is 9.20 Å². The van der Waals surface area contributed by atoms with E-state index in [1.807, 2.05) is 20.0 Å². The predicted octanol–water partition coefficient (Wildman–Crippen LogP) is 3.92. The van der Waals surface area contributed by atoms with Gasteiger partial charge in [-0.1, -0.05) is 6.07 Å². The lowest BCUT2D eigenvalue weighted by atomic mass is 9.62. The molecule has 3 aliphatic rings. The predicted molar refractivity (Wildman–Crippen MR) is 111 cm³/mol. The molecule has 1 saturated carbocycles. The van der Waals surface area contributed by atoms with Gasteiger partial charge in [0.25, 0.3) is 18.2 Å². The molecule has 0 aromatic carbocycles. The van der Waals surface area contributed by atoms with E-state index in [1.165, 1.54) is 18.2 Å². The average molecular weight is 443 g/mol. The minimum Gasteiger partial charge on any atom is -0.472 e. The highest BCUT2D eigenvalue weighted by atomic mass is 19.3. The van der Waals surface area contributed by atoms with Gasteiger partial charge in [0.1, 0.15) is 17.2 Å². The maximum absolute atomic E-state index is 12.9. The molecule has 0 radical (unpaired) electrons. The van der Waals surface area contributed by atoms with E-state index in [9.17, 15) is 13.6 Å². The first-order valence-electron chi connectivity index (χ1n) is 10.4. The first-order valence-corrected chi connectivity index (χ1v) is 10.4. The van der Waals surface area contributed by atoms with E-state index in [1.54, 1.807) is 10.6 Å². The first kappa shape index (κ1) is 20.7. The van der Waals surface area contributed by atoms with E-state index < -0.39 is 18.0 Å². The lowest BCUT2D eigenvalue weighted by molar-refractivity contribution is 0.0154. The molecule has 8 nitrogen and oxygen atoms in total. The first-order chi connectivity index (χ1) is 15.2. The Morgan fingerprint density at radius 3 is 2.66 bits per heavy atom. The lowest BCUT2D eigenvalue weighted by Crippen LogP contribution is -2.45. The maximum atomic E-state index is 12.9. The summed E-state index contributed by atoms with van der Waals surface area (Å²) in [6, 6.07) is 4.05. The number of ether oxygens (including phenoxy) is 2. The van der Waals surface area contributed by atoms with Crippen molar-refractivity contribution in [2.24, 2.45) is 0 Å². The van der Waals surface area contributed by atoms with Crippen LogP contribution in [0.25, 0.3) is 5.65 Å². The van der Waals surface area contributed by atoms with Crippen LogP contribution in [0, 0.1) is 0 Å². The molecule has 1 amide bonds. The number of rotatable bonds is 6. The number of hydrogen-bond acceptors (Lipinski definition) is 6. The monoisotopic (exact) mass is 443 g/mol. The van der Waals surface area contributed by atoms with Crippen LogP contribution in [-0.2, 0) is 10.2 Å². The Kier molecular flexibility index (Phi) is 4.66. The van der Waals surface area contributed by atoms with E-state index in [0.29, 0.717) is 12.3 Å². The fourth-order valence-corrected chi connectivity index (χ4v) is 4.61. The van der Waals surface area contributed by atoms with Crippen molar-refractivity contribution in [3.63, 3.8) is 0 Å². The number of alkyl halides is 2. The molecule has 2 bridgehead atoms. The summed E-state index contributed by atoms with van der Waals surface area (Å²) in [5, 5.41) is 2.53. The normalized spacial score (nSPS) is 24.2. The van der Waals surface area contributed by atoms with E-state index in [0.717, 1.165) is 18.5 Å². The number of nitrogens with zero attached hydrogens (tertiary/aromatic N) is 4. The summed E-state index contributed by atoms with van der Waals surface area (Å²) in [6.45, 7) is 6.42. The zero-order chi connectivity index (χ0) is 22.7. The van der Waals surface area contributed by atoms with Gasteiger partial charge in [0.05, 0.1) is 24.0 Å². The Balaban J connectivity index is 1.49. The summed E-state index contributed by atoms with van der Waals surface area (Å²) < 4.78 is 39.3. The number of aromatic nitrogens is 4. The number of halogens is 2. The number of fused-ring (bicyclic) bond motifs is 2. The smallest absolute Gasteiger partial charge is 0.280 e. The highest BCUT2D eigenvalue weighted by Gasteiger charge is 2.61. The van der Waals surface area contributed by atoms with Gasteiger partial charge in [-0.2, -0.15) is 0 Å². The molecule has 2 aliphatic heterocycles. The van der Waals surface area contributed by atoms with E-state index in [2.05, 4.69) is 22.2 Å². The Labute approximate surface area is 183 Å². The van der Waals surface area contributed by atoms with Gasteiger partial charge in [-0.15, -0.1) is 0 Å². The van der Waals surface area contributed by atoms with Crippen LogP contribution >= 0.6 is 0 Å². The highest BCUT2D eigenvalue weighted by molar-refractivity contribution is 6.02. The summed E-state index contributed by atoms with van der Waals surface area (Å²) in [5.74, 6) is -0.345. The fraction of sp³-hybridized carbons (Fsp3) is 0.455. The molecule has 0 spiro atoms. The molecule has 168 valence electrons. The van der Waals surface area contributed by atoms with Gasteiger partial charge in [-0.25, -0.2) is 23.7 Å². The molecule has 1 N–H and O–H groups in total. The number of nitrogens with one attached hydrogen (secondary N) is 1. The minimum atomic E-state index is -2.73. The van der Waals surface area contributed by atoms with Crippen LogP contribution in [0.5, 0.6) is 5.88 Å². The molecule has 0 atom stereocenters. The van der Waals surface area contributed by atoms with Gasteiger partial charge in [0, 0.05) is 17.8 Å². The van der Waals surface area contributed by atoms with E-state index >= 15 is 0 Å². The zero-order valence-corrected chi connectivity index (χ0v) is 17.9. The van der Waals surface area contributed by atoms with Crippen LogP contribution in [0.1, 0.15) is 61.9 Å². The Bertz CT molecular complexity index is 1200. The largest absolute Gasteiger partial charge is 0.472 e. The number of pyridine rings is 1. The standard InChI is InChI=1S/C22H23F2N5O3/c1-12(2)32-20-18-27-15(22-9-21(3,10-22)31-11-22)8-29(18)7-14(26-20)19(30)28-16-6-4-5-13(25-16)17(23)24/h4-8,12,17H,9-11H2,1-3H3,(H,25,28,30). The quantitative estimate of drug-likeness (QED) is 0.621. The van der Waals surface area contributed by atoms with Crippen molar-refractivity contribution in [2.75, 3.05) is 11.9 Å². The summed E-state index contributed by atoms with van der Waals surface area (Å²) in [4.78, 5) is 25.7. The molecule has 32 heavy (non-hydrogen) atoms. The van der Waals surface area contributed by atoms with Crippen molar-refractivity contribution >= 4 is 17.4 Å². The number of hydrogen-bond donors (Lipinski definition) is 1. The minimum absolute atomic E-state index is 0.0168. The molecular weight excluding hydrogens is 420 g/mol. The molecule has 3 fully saturated rings. The molecule has 10 heteroatoms. The Morgan fingerprint density at radius 2 is 2.00 bits per heavy atom. The second kappa shape index (κ2) is 7.19. The van der Waals surface area contributed by atoms with Crippen molar-refractivity contribution in [3.05, 3.63) is 47.7 Å². The summed E-state index contributed by atoms with van der Waals surface area (Å²) in [6.07, 6.45) is 2.31. The molecule has 6 rings (SSSR count). The Hall–Kier alpha value is -3.14. The second-order valence-corrected chi connectivity index (χ2v) is 9.03. The van der Waals surface area contributed by atoms with E-state index in [4.69, 9.17) is 14.5 Å². The summed E-state index contributed by atoms with van der Waals surface area (Å²) >= 11 is 0. The van der Waals surface area contributed by atoms with Crippen molar-refractivity contribution in [3.8, 4) is 5.88 Å². The number of carbonyl (C=O) groups excluding carboxylic acids is 1. The maximum Gasteiger partial charge on any atom is 0.280 e. The van der Waals surface area contributed by atoms with Gasteiger partial charge in [-0.05, 0) is 45.7 Å². The van der Waals surface area contributed by atoms with Gasteiger partial charge < -0.3 is 14.8 Å². The number of anilines is 1. The number of carbonyl (C=O) groups is 1. The topological polar surface area (TPSA) is 90.6 Å². The molecule has 1 aliphatic carbocycles. The summed E-state index contributed by atoms with van der Waals surface area (Å²) in [5.41, 5.74) is 0.818. The van der Waals surface area contributed by atoms with Crippen molar-refractivity contribution in [1.29, 1.82) is 0 Å². The van der Waals surface area contributed by atoms with Crippen LogP contribution in [0.15, 0.2) is 30.6 Å². The Morgan fingerprint density at radius 1 is 1.22 bits per heavy atom. The molecule has 0 unspecified atom stereocenters. The number of imidazole rings is 1. The van der Waals surface area contributed by atoms with Gasteiger partial charge in [0.2, 0.25) is 5.65 Å². The molecular formula is C22H23F2N5O3. The fourth-order valence-electron chi connectivity index (χ4n) is 4.61. The highest BCUT2D eigenvalue weighted by Crippen LogP contribution is 2.58. The van der Waals surface area contributed by atoms with Crippen LogP contribution < -0.4 is 10.1 Å². The summed E-state index contributed by atoms with van der Waals surface area (Å²) in [7, 11) is 0. The van der Waals surface area contributed by atoms with E-state index in [-0.39, 0.29) is 34.5 Å². The van der Waals surface area contributed by atoms with Crippen LogP contribution in [0.2, 0.25) is 0 Å².